The van der Waals surface area contributed by atoms with Crippen molar-refractivity contribution in [3.63, 3.8) is 0 Å². The van der Waals surface area contributed by atoms with Crippen LogP contribution in [0.2, 0.25) is 0 Å². The Morgan fingerprint density at radius 3 is 2.10 bits per heavy atom. The van der Waals surface area contributed by atoms with Gasteiger partial charge in [-0.2, -0.15) is 0 Å². The topological polar surface area (TPSA) is 36.5 Å². The second-order valence-electron chi connectivity index (χ2n) is 15.9. The van der Waals surface area contributed by atoms with Gasteiger partial charge in [0.05, 0.1) is 6.26 Å². The third kappa shape index (κ3) is 13.4. The van der Waals surface area contributed by atoms with Crippen molar-refractivity contribution in [3.8, 4) is 16.9 Å². The summed E-state index contributed by atoms with van der Waals surface area (Å²) in [6.45, 7) is 14.5. The monoisotopic (exact) mass is 889 g/mol. The molecule has 0 spiro atoms. The number of nitrogens with one attached hydrogen (secondary N) is 2. The van der Waals surface area contributed by atoms with Crippen molar-refractivity contribution in [3.05, 3.63) is 283 Å². The summed E-state index contributed by atoms with van der Waals surface area (Å²) in [5.41, 5.74) is 19.6. The summed E-state index contributed by atoms with van der Waals surface area (Å²) in [5, 5.41) is 6.58. The average Bonchev–Trinajstić information content (AvgIpc) is 3.71. The molecule has 0 atom stereocenters. The number of aryl methyl sites for hydroxylation is 1. The lowest BCUT2D eigenvalue weighted by Crippen LogP contribution is -2.15. The van der Waals surface area contributed by atoms with Gasteiger partial charge in [0.1, 0.15) is 5.75 Å². The zero-order valence-corrected chi connectivity index (χ0v) is 40.1. The van der Waals surface area contributed by atoms with Gasteiger partial charge in [0.15, 0.2) is 0 Å². The first-order valence-electron chi connectivity index (χ1n) is 23.2. The summed E-state index contributed by atoms with van der Waals surface area (Å²) in [7, 11) is 3.94. The summed E-state index contributed by atoms with van der Waals surface area (Å²) in [6, 6.07) is 40.4. The van der Waals surface area contributed by atoms with Crippen LogP contribution < -0.4 is 20.3 Å². The van der Waals surface area contributed by atoms with Crippen LogP contribution in [0, 0.1) is 6.92 Å². The van der Waals surface area contributed by atoms with Gasteiger partial charge in [-0.1, -0.05) is 189 Å². The van der Waals surface area contributed by atoms with Crippen molar-refractivity contribution < 1.29 is 4.74 Å². The van der Waals surface area contributed by atoms with Crippen LogP contribution in [0.15, 0.2) is 255 Å². The zero-order valence-electron chi connectivity index (χ0n) is 40.1. The van der Waals surface area contributed by atoms with Gasteiger partial charge in [-0.25, -0.2) is 0 Å². The standard InChI is InChI=1S/C43H40N2O.C14H17N.C7H6/c1-5-35(27-22-33-14-6-7-15-39(33)41-16-8-9-19-42(41)44-4)45(36-25-20-31(2)21-26-36)37-28-23-34(24-29-37)40-18-12-17-38-32(3)13-10-11-30-46-43(38)40;1-4-5-6-9-12(2)13-10-7-8-11-14(13)15-3;1-2-4-6-7-5-3-1/h5-8,10-18,20-30,44H,3,9,19H2,1-2,4H3;4-11,15H,2H2,1,3H3;1-6H/b13-10-,27-22-,30-11-,35-5+;5-4-,9-6-;. The predicted octanol–water partition coefficient (Wildman–Crippen LogP) is 16.9. The maximum absolute atomic E-state index is 6.11. The number of benzene rings is 5. The van der Waals surface area contributed by atoms with Crippen LogP contribution >= 0.6 is 0 Å². The molecular weight excluding hydrogens is 827 g/mol. The van der Waals surface area contributed by atoms with Gasteiger partial charge in [-0.3, -0.25) is 0 Å². The molecule has 0 saturated carbocycles. The maximum atomic E-state index is 6.11. The van der Waals surface area contributed by atoms with Gasteiger partial charge in [0.25, 0.3) is 0 Å². The first kappa shape index (κ1) is 49.1. The molecule has 4 heteroatoms. The summed E-state index contributed by atoms with van der Waals surface area (Å²) >= 11 is 0. The summed E-state index contributed by atoms with van der Waals surface area (Å²) in [6.07, 6.45) is 40.4. The smallest absolute Gasteiger partial charge is 0.142 e. The van der Waals surface area contributed by atoms with Crippen LogP contribution in [-0.4, -0.2) is 14.1 Å². The second kappa shape index (κ2) is 26.0. The van der Waals surface area contributed by atoms with Crippen molar-refractivity contribution in [2.45, 2.75) is 33.6 Å². The van der Waals surface area contributed by atoms with Gasteiger partial charge in [-0.15, -0.1) is 5.73 Å². The molecule has 0 radical (unpaired) electrons. The lowest BCUT2D eigenvalue weighted by Gasteiger charge is -2.27. The van der Waals surface area contributed by atoms with Crippen molar-refractivity contribution >= 4 is 39.9 Å². The van der Waals surface area contributed by atoms with E-state index in [4.69, 9.17) is 4.74 Å². The van der Waals surface area contributed by atoms with E-state index in [2.05, 4.69) is 176 Å². The number of hydrogen-bond donors (Lipinski definition) is 2. The number of nitrogens with zero attached hydrogens (tertiary/aromatic N) is 1. The molecule has 68 heavy (non-hydrogen) atoms. The van der Waals surface area contributed by atoms with Crippen LogP contribution in [0.1, 0.15) is 54.5 Å². The number of rotatable bonds is 12. The third-order valence-corrected chi connectivity index (χ3v) is 11.3. The quantitative estimate of drug-likeness (QED) is 0.0967. The lowest BCUT2D eigenvalue weighted by molar-refractivity contribution is 0.481. The van der Waals surface area contributed by atoms with Gasteiger partial charge in [0, 0.05) is 64.8 Å². The molecule has 3 aliphatic rings. The highest BCUT2D eigenvalue weighted by Crippen LogP contribution is 2.40. The fourth-order valence-electron chi connectivity index (χ4n) is 7.79. The van der Waals surface area contributed by atoms with Gasteiger partial charge < -0.3 is 20.3 Å². The van der Waals surface area contributed by atoms with Crippen LogP contribution in [0.4, 0.5) is 17.1 Å². The zero-order chi connectivity index (χ0) is 47.9. The number of fused-ring (bicyclic) bond motifs is 1. The first-order chi connectivity index (χ1) is 33.4. The molecule has 340 valence electrons. The number of anilines is 3. The van der Waals surface area contributed by atoms with E-state index < -0.39 is 0 Å². The van der Waals surface area contributed by atoms with Crippen molar-refractivity contribution in [2.24, 2.45) is 0 Å². The highest BCUT2D eigenvalue weighted by Gasteiger charge is 2.17. The van der Waals surface area contributed by atoms with E-state index in [1.165, 1.54) is 28.0 Å². The number of ether oxygens (including phenoxy) is 1. The Hall–Kier alpha value is -8.30. The molecule has 2 N–H and O–H groups in total. The maximum Gasteiger partial charge on any atom is 0.142 e. The van der Waals surface area contributed by atoms with E-state index in [0.29, 0.717) is 0 Å². The van der Waals surface area contributed by atoms with Crippen LogP contribution in [0.5, 0.6) is 5.75 Å². The van der Waals surface area contributed by atoms with Crippen molar-refractivity contribution in [1.29, 1.82) is 0 Å². The normalized spacial score (nSPS) is 14.8. The Morgan fingerprint density at radius 1 is 0.691 bits per heavy atom. The van der Waals surface area contributed by atoms with E-state index in [0.717, 1.165) is 74.8 Å². The van der Waals surface area contributed by atoms with Gasteiger partial charge in [-0.05, 0) is 116 Å². The van der Waals surface area contributed by atoms with Crippen molar-refractivity contribution in [2.75, 3.05) is 24.3 Å². The van der Waals surface area contributed by atoms with Crippen LogP contribution in [0.25, 0.3) is 33.9 Å². The van der Waals surface area contributed by atoms with E-state index >= 15 is 0 Å². The molecule has 2 aliphatic carbocycles. The van der Waals surface area contributed by atoms with E-state index in [-0.39, 0.29) is 0 Å². The highest BCUT2D eigenvalue weighted by atomic mass is 16.5. The lowest BCUT2D eigenvalue weighted by atomic mass is 9.92. The minimum absolute atomic E-state index is 0.816. The Labute approximate surface area is 405 Å². The minimum atomic E-state index is 0.816. The SMILES string of the molecule is C1=CC=CC=CC=1.C=C(/C=C\C=C/C)c1ccccc1NC.C=C1/C=C\C=C/Oc2c1cccc2-c1ccc(N(C(/C=C\c2ccccc2C2=C(NC)CCC=C2)=C/C)c2ccc(C)cc2)cc1. The molecule has 4 nitrogen and oxygen atoms in total. The summed E-state index contributed by atoms with van der Waals surface area (Å²) < 4.78 is 6.11. The molecule has 8 rings (SSSR count). The second-order valence-corrected chi connectivity index (χ2v) is 15.9. The summed E-state index contributed by atoms with van der Waals surface area (Å²) in [4.78, 5) is 2.31. The summed E-state index contributed by atoms with van der Waals surface area (Å²) in [5.74, 6) is 0.816. The van der Waals surface area contributed by atoms with Crippen molar-refractivity contribution in [1.82, 2.24) is 5.32 Å². The molecule has 5 aromatic carbocycles. The van der Waals surface area contributed by atoms with Gasteiger partial charge >= 0.3 is 0 Å². The Morgan fingerprint density at radius 2 is 1.38 bits per heavy atom. The number of allylic oxidation sites excluding steroid dienone is 20. The molecule has 1 aliphatic heterocycles. The minimum Gasteiger partial charge on any atom is -0.464 e. The van der Waals surface area contributed by atoms with E-state index in [1.807, 2.05) is 118 Å². The average molecular weight is 890 g/mol. The molecular formula is C64H63N3O. The molecule has 0 unspecified atom stereocenters. The Kier molecular flexibility index (Phi) is 18.8. The molecule has 0 fully saturated rings. The Bertz CT molecular complexity index is 2900. The molecule has 5 aromatic rings. The highest BCUT2D eigenvalue weighted by molar-refractivity contribution is 5.86. The van der Waals surface area contributed by atoms with Gasteiger partial charge in [0.2, 0.25) is 0 Å². The number of para-hydroxylation sites is 2. The molecule has 0 aromatic heterocycles. The number of hydrogen-bond acceptors (Lipinski definition) is 4. The third-order valence-electron chi connectivity index (χ3n) is 11.3. The Balaban J connectivity index is 0.000000283. The van der Waals surface area contributed by atoms with E-state index in [9.17, 15) is 0 Å². The van der Waals surface area contributed by atoms with Crippen LogP contribution in [0.3, 0.4) is 0 Å². The molecule has 1 heterocycles. The van der Waals surface area contributed by atoms with Crippen LogP contribution in [-0.2, 0) is 0 Å². The fourth-order valence-corrected chi connectivity index (χ4v) is 7.79. The first-order valence-corrected chi connectivity index (χ1v) is 23.2. The molecule has 0 bridgehead atoms. The fraction of sp³-hybridized carbons (Fsp3) is 0.109. The molecule has 0 saturated heterocycles. The largest absolute Gasteiger partial charge is 0.464 e. The predicted molar refractivity (Wildman–Crippen MR) is 297 cm³/mol. The van der Waals surface area contributed by atoms with E-state index in [1.54, 1.807) is 6.26 Å². The molecule has 0 amide bonds.